The van der Waals surface area contributed by atoms with Crippen molar-refractivity contribution in [3.05, 3.63) is 32.6 Å². The second-order valence-electron chi connectivity index (χ2n) is 5.66. The Morgan fingerprint density at radius 1 is 1.45 bits per heavy atom. The first-order valence-corrected chi connectivity index (χ1v) is 8.33. The topological polar surface area (TPSA) is 142 Å². The van der Waals surface area contributed by atoms with E-state index in [4.69, 9.17) is 9.79 Å². The second kappa shape index (κ2) is 6.10. The number of aryl methyl sites for hydroxylation is 1. The first kappa shape index (κ1) is 17.1. The van der Waals surface area contributed by atoms with Gasteiger partial charge in [0.1, 0.15) is 0 Å². The second-order valence-corrected chi connectivity index (χ2v) is 6.90. The van der Waals surface area contributed by atoms with E-state index in [1.54, 1.807) is 13.8 Å². The molecular weight excluding hydrogens is 315 g/mol. The fraction of sp³-hybridized carbons (Fsp3) is 0.667. The smallest absolute Gasteiger partial charge is 0.393 e. The Bertz CT molecular complexity index is 706. The van der Waals surface area contributed by atoms with Crippen molar-refractivity contribution in [3.63, 3.8) is 0 Å². The highest BCUT2D eigenvalue weighted by Gasteiger charge is 2.42. The molecule has 0 spiro atoms. The van der Waals surface area contributed by atoms with Gasteiger partial charge < -0.3 is 14.9 Å². The number of aromatic amines is 1. The molecule has 1 saturated carbocycles. The molecule has 9 nitrogen and oxygen atoms in total. The fourth-order valence-electron chi connectivity index (χ4n) is 2.92. The molecule has 1 aromatic heterocycles. The monoisotopic (exact) mass is 334 g/mol. The van der Waals surface area contributed by atoms with E-state index in [0.29, 0.717) is 5.56 Å². The van der Waals surface area contributed by atoms with Crippen molar-refractivity contribution in [3.8, 4) is 0 Å². The van der Waals surface area contributed by atoms with E-state index >= 15 is 0 Å². The van der Waals surface area contributed by atoms with Crippen LogP contribution >= 0.6 is 7.82 Å². The Morgan fingerprint density at radius 2 is 2.09 bits per heavy atom. The third-order valence-electron chi connectivity index (χ3n) is 4.20. The first-order chi connectivity index (χ1) is 10.1. The van der Waals surface area contributed by atoms with Crippen molar-refractivity contribution < 1.29 is 24.0 Å². The largest absolute Gasteiger partial charge is 0.469 e. The van der Waals surface area contributed by atoms with Gasteiger partial charge in [-0.1, -0.05) is 6.92 Å². The quantitative estimate of drug-likeness (QED) is 0.544. The van der Waals surface area contributed by atoms with Crippen LogP contribution in [0.4, 0.5) is 0 Å². The first-order valence-electron chi connectivity index (χ1n) is 6.80. The molecule has 0 saturated heterocycles. The van der Waals surface area contributed by atoms with Crippen LogP contribution in [0.25, 0.3) is 0 Å². The van der Waals surface area contributed by atoms with Gasteiger partial charge >= 0.3 is 13.5 Å². The Balaban J connectivity index is 2.25. The SMILES string of the molecule is Cc1cn([C@H]2C[C@H](O)[C@@H](COP(=O)(O)O)[C@@H]2C)c(=O)[nH]c1=O. The molecule has 1 fully saturated rings. The van der Waals surface area contributed by atoms with E-state index in [1.165, 1.54) is 10.8 Å². The van der Waals surface area contributed by atoms with Gasteiger partial charge in [0.2, 0.25) is 0 Å². The van der Waals surface area contributed by atoms with Gasteiger partial charge in [0.15, 0.2) is 0 Å². The Labute approximate surface area is 125 Å². The summed E-state index contributed by atoms with van der Waals surface area (Å²) in [5.41, 5.74) is -0.666. The lowest BCUT2D eigenvalue weighted by atomic mass is 9.95. The lowest BCUT2D eigenvalue weighted by Gasteiger charge is -2.22. The summed E-state index contributed by atoms with van der Waals surface area (Å²) < 4.78 is 16.6. The van der Waals surface area contributed by atoms with Gasteiger partial charge in [-0.3, -0.25) is 18.9 Å². The number of aliphatic hydroxyl groups excluding tert-OH is 1. The maximum Gasteiger partial charge on any atom is 0.469 e. The summed E-state index contributed by atoms with van der Waals surface area (Å²) in [5.74, 6) is -0.777. The molecule has 2 rings (SSSR count). The van der Waals surface area contributed by atoms with E-state index in [1.807, 2.05) is 0 Å². The molecule has 22 heavy (non-hydrogen) atoms. The zero-order valence-electron chi connectivity index (χ0n) is 12.2. The van der Waals surface area contributed by atoms with Crippen LogP contribution < -0.4 is 11.2 Å². The normalized spacial score (nSPS) is 29.0. The van der Waals surface area contributed by atoms with E-state index in [2.05, 4.69) is 9.51 Å². The third-order valence-corrected chi connectivity index (χ3v) is 4.68. The molecule has 124 valence electrons. The summed E-state index contributed by atoms with van der Waals surface area (Å²) in [6.07, 6.45) is 0.814. The molecule has 0 radical (unpaired) electrons. The highest BCUT2D eigenvalue weighted by atomic mass is 31.2. The zero-order chi connectivity index (χ0) is 16.7. The number of aliphatic hydroxyl groups is 1. The van der Waals surface area contributed by atoms with Gasteiger partial charge in [0.25, 0.3) is 5.56 Å². The lowest BCUT2D eigenvalue weighted by molar-refractivity contribution is 0.0701. The van der Waals surface area contributed by atoms with Crippen molar-refractivity contribution in [2.75, 3.05) is 6.61 Å². The van der Waals surface area contributed by atoms with E-state index in [0.717, 1.165) is 0 Å². The number of nitrogens with one attached hydrogen (secondary N) is 1. The summed E-state index contributed by atoms with van der Waals surface area (Å²) in [6, 6.07) is -0.386. The van der Waals surface area contributed by atoms with Crippen LogP contribution in [0.5, 0.6) is 0 Å². The average molecular weight is 334 g/mol. The van der Waals surface area contributed by atoms with Crippen LogP contribution in [0.3, 0.4) is 0 Å². The molecule has 10 heteroatoms. The lowest BCUT2D eigenvalue weighted by Crippen LogP contribution is -2.34. The molecule has 0 aliphatic heterocycles. The van der Waals surface area contributed by atoms with Crippen LogP contribution in [-0.4, -0.2) is 37.2 Å². The number of hydrogen-bond acceptors (Lipinski definition) is 5. The van der Waals surface area contributed by atoms with Gasteiger partial charge in [-0.25, -0.2) is 9.36 Å². The molecule has 0 aromatic carbocycles. The molecule has 0 unspecified atom stereocenters. The van der Waals surface area contributed by atoms with Crippen molar-refractivity contribution in [2.45, 2.75) is 32.4 Å². The van der Waals surface area contributed by atoms with Gasteiger partial charge in [0, 0.05) is 23.7 Å². The Hall–Kier alpha value is -1.25. The van der Waals surface area contributed by atoms with Crippen LogP contribution in [0, 0.1) is 18.8 Å². The Morgan fingerprint density at radius 3 is 2.68 bits per heavy atom. The van der Waals surface area contributed by atoms with Gasteiger partial charge in [-0.15, -0.1) is 0 Å². The molecule has 1 aliphatic rings. The summed E-state index contributed by atoms with van der Waals surface area (Å²) in [4.78, 5) is 43.0. The molecule has 1 aromatic rings. The number of nitrogens with zero attached hydrogens (tertiary/aromatic N) is 1. The molecule has 0 amide bonds. The minimum absolute atomic E-state index is 0.238. The summed E-state index contributed by atoms with van der Waals surface area (Å²) in [5, 5.41) is 10.1. The third kappa shape index (κ3) is 3.56. The Kier molecular flexibility index (Phi) is 4.74. The number of phosphoric ester groups is 1. The number of H-pyrrole nitrogens is 1. The van der Waals surface area contributed by atoms with Gasteiger partial charge in [-0.2, -0.15) is 0 Å². The van der Waals surface area contributed by atoms with Crippen LogP contribution in [-0.2, 0) is 9.09 Å². The van der Waals surface area contributed by atoms with Gasteiger partial charge in [0.05, 0.1) is 12.7 Å². The van der Waals surface area contributed by atoms with Crippen LogP contribution in [0.15, 0.2) is 15.8 Å². The van der Waals surface area contributed by atoms with Crippen molar-refractivity contribution in [2.24, 2.45) is 11.8 Å². The van der Waals surface area contributed by atoms with Crippen LogP contribution in [0.2, 0.25) is 0 Å². The van der Waals surface area contributed by atoms with Crippen molar-refractivity contribution >= 4 is 7.82 Å². The fourth-order valence-corrected chi connectivity index (χ4v) is 3.28. The molecule has 0 bridgehead atoms. The number of rotatable bonds is 4. The molecule has 4 atom stereocenters. The average Bonchev–Trinajstić information content (AvgIpc) is 2.66. The van der Waals surface area contributed by atoms with Crippen molar-refractivity contribution in [1.82, 2.24) is 9.55 Å². The maximum atomic E-state index is 11.9. The van der Waals surface area contributed by atoms with E-state index in [-0.39, 0.29) is 25.0 Å². The number of hydrogen-bond donors (Lipinski definition) is 4. The standard InChI is InChI=1S/C12H19N2O7P/c1-6-4-14(12(17)13-11(6)16)9-3-10(15)8(7(9)2)5-21-22(18,19)20/h4,7-10,15H,3,5H2,1-2H3,(H,13,16,17)(H2,18,19,20)/t7-,8-,9-,10-/m0/s1. The molecule has 4 N–H and O–H groups in total. The van der Waals surface area contributed by atoms with E-state index < -0.39 is 31.1 Å². The molecule has 1 heterocycles. The minimum Gasteiger partial charge on any atom is -0.393 e. The summed E-state index contributed by atoms with van der Waals surface area (Å²) in [7, 11) is -4.61. The number of aromatic nitrogens is 2. The predicted molar refractivity (Wildman–Crippen MR) is 76.4 cm³/mol. The highest BCUT2D eigenvalue weighted by molar-refractivity contribution is 7.46. The van der Waals surface area contributed by atoms with Crippen LogP contribution in [0.1, 0.15) is 24.9 Å². The zero-order valence-corrected chi connectivity index (χ0v) is 13.1. The maximum absolute atomic E-state index is 11.9. The van der Waals surface area contributed by atoms with Crippen molar-refractivity contribution in [1.29, 1.82) is 0 Å². The summed E-state index contributed by atoms with van der Waals surface area (Å²) >= 11 is 0. The van der Waals surface area contributed by atoms with Gasteiger partial charge in [-0.05, 0) is 19.3 Å². The predicted octanol–water partition coefficient (Wildman–Crippen LogP) is -0.488. The highest BCUT2D eigenvalue weighted by Crippen LogP contribution is 2.43. The van der Waals surface area contributed by atoms with E-state index in [9.17, 15) is 19.3 Å². The number of phosphoric acid groups is 1. The minimum atomic E-state index is -4.61. The summed E-state index contributed by atoms with van der Waals surface area (Å²) in [6.45, 7) is 3.03. The molecular formula is C12H19N2O7P. The molecule has 1 aliphatic carbocycles.